The summed E-state index contributed by atoms with van der Waals surface area (Å²) in [5.74, 6) is -0.764. The molecule has 7 nitrogen and oxygen atoms in total. The van der Waals surface area contributed by atoms with Crippen LogP contribution in [0.5, 0.6) is 5.75 Å². The number of carbonyl (C=O) groups is 2. The van der Waals surface area contributed by atoms with Crippen LogP contribution < -0.4 is 4.74 Å². The normalized spacial score (nSPS) is 16.8. The van der Waals surface area contributed by atoms with Crippen LogP contribution in [0.25, 0.3) is 0 Å². The number of amides is 1. The largest absolute Gasteiger partial charge is 0.503 e. The number of aliphatic hydroxyl groups is 1. The predicted molar refractivity (Wildman–Crippen MR) is 108 cm³/mol. The molecule has 0 saturated heterocycles. The molecule has 1 aliphatic rings. The van der Waals surface area contributed by atoms with Gasteiger partial charge in [0.2, 0.25) is 5.78 Å². The van der Waals surface area contributed by atoms with Crippen LogP contribution in [0.1, 0.15) is 35.5 Å². The van der Waals surface area contributed by atoms with E-state index < -0.39 is 23.5 Å². The maximum atomic E-state index is 13.0. The van der Waals surface area contributed by atoms with E-state index in [-0.39, 0.29) is 11.3 Å². The van der Waals surface area contributed by atoms with Crippen molar-refractivity contribution in [3.8, 4) is 5.75 Å². The second-order valence-corrected chi connectivity index (χ2v) is 7.13. The van der Waals surface area contributed by atoms with Crippen LogP contribution in [-0.2, 0) is 4.79 Å². The minimum absolute atomic E-state index is 0.0407. The Labute approximate surface area is 170 Å². The molecule has 1 amide bonds. The number of benzene rings is 1. The Balaban J connectivity index is 1.97. The van der Waals surface area contributed by atoms with E-state index in [0.29, 0.717) is 25.3 Å². The van der Waals surface area contributed by atoms with E-state index in [1.807, 2.05) is 38.1 Å². The fourth-order valence-corrected chi connectivity index (χ4v) is 3.47. The summed E-state index contributed by atoms with van der Waals surface area (Å²) in [6.45, 7) is 3.63. The highest BCUT2D eigenvalue weighted by atomic mass is 16.5. The number of Topliss-reactive ketones (excluding diaryl/α,β-unsaturated/α-hetero) is 1. The molecule has 29 heavy (non-hydrogen) atoms. The number of ether oxygens (including phenoxy) is 1. The summed E-state index contributed by atoms with van der Waals surface area (Å²) in [4.78, 5) is 29.4. The molecule has 154 valence electrons. The molecular formula is C22H26N2O5. The Bertz CT molecular complexity index is 884. The van der Waals surface area contributed by atoms with Crippen molar-refractivity contribution in [2.24, 2.45) is 0 Å². The standard InChI is InChI=1S/C22H26N2O5/c1-4-28-16-10-8-15(9-11-16)19-18(20(25)17-7-5-14-29-17)21(26)22(27)24(19)13-6-12-23(2)3/h5,7-11,14,19,26H,4,6,12-13H2,1-3H3/t19-/m1/s1. The molecule has 0 fully saturated rings. The summed E-state index contributed by atoms with van der Waals surface area (Å²) in [6.07, 6.45) is 2.10. The van der Waals surface area contributed by atoms with Crippen LogP contribution in [-0.4, -0.2) is 60.4 Å². The number of ketones is 1. The Morgan fingerprint density at radius 3 is 2.55 bits per heavy atom. The van der Waals surface area contributed by atoms with Gasteiger partial charge in [-0.15, -0.1) is 0 Å². The third kappa shape index (κ3) is 4.35. The van der Waals surface area contributed by atoms with Crippen LogP contribution in [0.2, 0.25) is 0 Å². The highest BCUT2D eigenvalue weighted by molar-refractivity contribution is 6.15. The molecule has 0 aliphatic carbocycles. The fourth-order valence-electron chi connectivity index (χ4n) is 3.47. The number of furan rings is 1. The molecule has 0 unspecified atom stereocenters. The summed E-state index contributed by atoms with van der Waals surface area (Å²) in [5.41, 5.74) is 0.768. The molecule has 1 aliphatic heterocycles. The highest BCUT2D eigenvalue weighted by Gasteiger charge is 2.44. The van der Waals surface area contributed by atoms with Crippen molar-refractivity contribution >= 4 is 11.7 Å². The molecule has 3 rings (SSSR count). The van der Waals surface area contributed by atoms with E-state index in [0.717, 1.165) is 12.1 Å². The van der Waals surface area contributed by atoms with Gasteiger partial charge < -0.3 is 24.1 Å². The van der Waals surface area contributed by atoms with Crippen molar-refractivity contribution in [1.82, 2.24) is 9.80 Å². The minimum atomic E-state index is -0.682. The second-order valence-electron chi connectivity index (χ2n) is 7.13. The van der Waals surface area contributed by atoms with E-state index in [1.54, 1.807) is 23.1 Å². The zero-order valence-corrected chi connectivity index (χ0v) is 16.9. The quantitative estimate of drug-likeness (QED) is 0.653. The lowest BCUT2D eigenvalue weighted by Gasteiger charge is -2.27. The zero-order valence-electron chi connectivity index (χ0n) is 16.9. The highest BCUT2D eigenvalue weighted by Crippen LogP contribution is 2.39. The van der Waals surface area contributed by atoms with Crippen molar-refractivity contribution in [2.45, 2.75) is 19.4 Å². The molecule has 2 aromatic rings. The number of rotatable bonds is 9. The number of carbonyl (C=O) groups excluding carboxylic acids is 2. The summed E-state index contributed by atoms with van der Waals surface area (Å²) in [5, 5.41) is 10.6. The lowest BCUT2D eigenvalue weighted by Crippen LogP contribution is -2.33. The lowest BCUT2D eigenvalue weighted by molar-refractivity contribution is -0.129. The second kappa shape index (κ2) is 8.96. The first-order valence-electron chi connectivity index (χ1n) is 9.63. The zero-order chi connectivity index (χ0) is 21.0. The van der Waals surface area contributed by atoms with Gasteiger partial charge in [-0.1, -0.05) is 12.1 Å². The van der Waals surface area contributed by atoms with Gasteiger partial charge in [-0.2, -0.15) is 0 Å². The van der Waals surface area contributed by atoms with Gasteiger partial charge in [-0.3, -0.25) is 9.59 Å². The Morgan fingerprint density at radius 2 is 1.97 bits per heavy atom. The average molecular weight is 398 g/mol. The van der Waals surface area contributed by atoms with E-state index in [2.05, 4.69) is 0 Å². The number of hydrogen-bond donors (Lipinski definition) is 1. The number of hydrogen-bond acceptors (Lipinski definition) is 6. The van der Waals surface area contributed by atoms with Crippen molar-refractivity contribution in [2.75, 3.05) is 33.8 Å². The van der Waals surface area contributed by atoms with Gasteiger partial charge >= 0.3 is 0 Å². The first kappa shape index (κ1) is 20.7. The van der Waals surface area contributed by atoms with Gasteiger partial charge in [-0.05, 0) is 63.8 Å². The van der Waals surface area contributed by atoms with Gasteiger partial charge in [0.05, 0.1) is 24.5 Å². The van der Waals surface area contributed by atoms with Gasteiger partial charge in [0.15, 0.2) is 11.5 Å². The number of nitrogens with zero attached hydrogens (tertiary/aromatic N) is 2. The fraction of sp³-hybridized carbons (Fsp3) is 0.364. The molecule has 1 aromatic heterocycles. The molecule has 2 heterocycles. The SMILES string of the molecule is CCOc1ccc([C@@H]2C(C(=O)c3ccco3)=C(O)C(=O)N2CCCN(C)C)cc1. The number of aliphatic hydroxyl groups excluding tert-OH is 1. The molecule has 1 atom stereocenters. The smallest absolute Gasteiger partial charge is 0.290 e. The maximum Gasteiger partial charge on any atom is 0.290 e. The van der Waals surface area contributed by atoms with Crippen LogP contribution in [0, 0.1) is 0 Å². The van der Waals surface area contributed by atoms with Crippen molar-refractivity contribution in [3.05, 3.63) is 65.3 Å². The van der Waals surface area contributed by atoms with Crippen molar-refractivity contribution < 1.29 is 23.8 Å². The molecule has 1 aromatic carbocycles. The lowest BCUT2D eigenvalue weighted by atomic mass is 9.95. The Kier molecular flexibility index (Phi) is 6.39. The minimum Gasteiger partial charge on any atom is -0.503 e. The molecule has 0 saturated carbocycles. The van der Waals surface area contributed by atoms with Crippen LogP contribution in [0.15, 0.2) is 58.4 Å². The molecule has 0 spiro atoms. The maximum absolute atomic E-state index is 13.0. The van der Waals surface area contributed by atoms with E-state index in [1.165, 1.54) is 12.3 Å². The summed E-state index contributed by atoms with van der Waals surface area (Å²) < 4.78 is 10.7. The van der Waals surface area contributed by atoms with Crippen LogP contribution in [0.3, 0.4) is 0 Å². The van der Waals surface area contributed by atoms with E-state index >= 15 is 0 Å². The molecule has 1 N–H and O–H groups in total. The van der Waals surface area contributed by atoms with Crippen molar-refractivity contribution in [1.29, 1.82) is 0 Å². The van der Waals surface area contributed by atoms with Gasteiger partial charge in [0.1, 0.15) is 5.75 Å². The van der Waals surface area contributed by atoms with Crippen molar-refractivity contribution in [3.63, 3.8) is 0 Å². The summed E-state index contributed by atoms with van der Waals surface area (Å²) in [7, 11) is 3.91. The summed E-state index contributed by atoms with van der Waals surface area (Å²) >= 11 is 0. The van der Waals surface area contributed by atoms with Gasteiger partial charge in [-0.25, -0.2) is 0 Å². The topological polar surface area (TPSA) is 83.2 Å². The van der Waals surface area contributed by atoms with Crippen LogP contribution >= 0.6 is 0 Å². The van der Waals surface area contributed by atoms with E-state index in [4.69, 9.17) is 9.15 Å². The molecule has 0 bridgehead atoms. The monoisotopic (exact) mass is 398 g/mol. The third-order valence-corrected chi connectivity index (χ3v) is 4.80. The Morgan fingerprint density at radius 1 is 1.24 bits per heavy atom. The third-order valence-electron chi connectivity index (χ3n) is 4.80. The first-order valence-corrected chi connectivity index (χ1v) is 9.63. The summed E-state index contributed by atoms with van der Waals surface area (Å²) in [6, 6.07) is 9.67. The van der Waals surface area contributed by atoms with Gasteiger partial charge in [0.25, 0.3) is 5.91 Å². The average Bonchev–Trinajstić information content (AvgIpc) is 3.31. The molecule has 0 radical (unpaired) electrons. The first-order chi connectivity index (χ1) is 13.9. The van der Waals surface area contributed by atoms with Gasteiger partial charge in [0, 0.05) is 6.54 Å². The predicted octanol–water partition coefficient (Wildman–Crippen LogP) is 3.21. The Hall–Kier alpha value is -3.06. The van der Waals surface area contributed by atoms with E-state index in [9.17, 15) is 14.7 Å². The van der Waals surface area contributed by atoms with Crippen LogP contribution in [0.4, 0.5) is 0 Å². The molecule has 7 heteroatoms. The molecular weight excluding hydrogens is 372 g/mol.